The highest BCUT2D eigenvalue weighted by atomic mass is 16.4. The van der Waals surface area contributed by atoms with E-state index < -0.39 is 11.9 Å². The number of pyridine rings is 1. The van der Waals surface area contributed by atoms with Crippen molar-refractivity contribution in [3.8, 4) is 0 Å². The molecule has 134 valence electrons. The van der Waals surface area contributed by atoms with Crippen molar-refractivity contribution in [3.05, 3.63) is 65.0 Å². The van der Waals surface area contributed by atoms with Crippen molar-refractivity contribution in [1.82, 2.24) is 15.2 Å². The zero-order valence-corrected chi connectivity index (χ0v) is 14.1. The van der Waals surface area contributed by atoms with E-state index in [1.54, 1.807) is 0 Å². The molecule has 26 heavy (non-hydrogen) atoms. The van der Waals surface area contributed by atoms with E-state index in [4.69, 9.17) is 5.11 Å². The van der Waals surface area contributed by atoms with Crippen LogP contribution < -0.4 is 5.32 Å². The highest BCUT2D eigenvalue weighted by Crippen LogP contribution is 2.14. The molecule has 7 nitrogen and oxygen atoms in total. The van der Waals surface area contributed by atoms with Crippen LogP contribution in [0.3, 0.4) is 0 Å². The van der Waals surface area contributed by atoms with Crippen molar-refractivity contribution < 1.29 is 19.5 Å². The maximum absolute atomic E-state index is 12.1. The number of carbonyl (C=O) groups is 3. The van der Waals surface area contributed by atoms with Crippen molar-refractivity contribution in [2.24, 2.45) is 0 Å². The molecule has 1 aromatic carbocycles. The minimum atomic E-state index is -1.10. The Morgan fingerprint density at radius 1 is 1.15 bits per heavy atom. The molecule has 2 heterocycles. The fourth-order valence-electron chi connectivity index (χ4n) is 2.81. The van der Waals surface area contributed by atoms with Crippen LogP contribution in [0.2, 0.25) is 0 Å². The van der Waals surface area contributed by atoms with Crippen molar-refractivity contribution in [2.45, 2.75) is 25.9 Å². The molecule has 7 heteroatoms. The number of aromatic nitrogens is 1. The van der Waals surface area contributed by atoms with E-state index in [1.807, 2.05) is 29.2 Å². The number of amides is 2. The quantitative estimate of drug-likeness (QED) is 0.825. The van der Waals surface area contributed by atoms with Crippen LogP contribution >= 0.6 is 0 Å². The Morgan fingerprint density at radius 3 is 2.54 bits per heavy atom. The monoisotopic (exact) mass is 353 g/mol. The van der Waals surface area contributed by atoms with Gasteiger partial charge in [-0.25, -0.2) is 4.79 Å². The summed E-state index contributed by atoms with van der Waals surface area (Å²) in [4.78, 5) is 40.5. The lowest BCUT2D eigenvalue weighted by molar-refractivity contribution is -0.128. The third-order valence-electron chi connectivity index (χ3n) is 4.26. The molecule has 0 atom stereocenters. The molecule has 0 saturated carbocycles. The van der Waals surface area contributed by atoms with E-state index in [2.05, 4.69) is 10.3 Å². The lowest BCUT2D eigenvalue weighted by atomic mass is 10.1. The maximum Gasteiger partial charge on any atom is 0.335 e. The summed E-state index contributed by atoms with van der Waals surface area (Å²) < 4.78 is 0. The van der Waals surface area contributed by atoms with Gasteiger partial charge in [0.25, 0.3) is 5.91 Å². The van der Waals surface area contributed by atoms with Crippen LogP contribution in [0.4, 0.5) is 0 Å². The van der Waals surface area contributed by atoms with Gasteiger partial charge in [0.2, 0.25) is 5.91 Å². The van der Waals surface area contributed by atoms with E-state index in [9.17, 15) is 14.4 Å². The maximum atomic E-state index is 12.1. The van der Waals surface area contributed by atoms with Gasteiger partial charge >= 0.3 is 5.97 Å². The van der Waals surface area contributed by atoms with Crippen LogP contribution in [-0.2, 0) is 17.9 Å². The van der Waals surface area contributed by atoms with E-state index >= 15 is 0 Å². The first kappa shape index (κ1) is 17.6. The number of carbonyl (C=O) groups excluding carboxylic acids is 2. The second-order valence-corrected chi connectivity index (χ2v) is 6.15. The van der Waals surface area contributed by atoms with Crippen LogP contribution in [0.25, 0.3) is 0 Å². The van der Waals surface area contributed by atoms with Crippen LogP contribution in [0.5, 0.6) is 0 Å². The van der Waals surface area contributed by atoms with Gasteiger partial charge in [0.05, 0.1) is 5.56 Å². The first-order chi connectivity index (χ1) is 12.5. The van der Waals surface area contributed by atoms with Gasteiger partial charge in [0, 0.05) is 32.3 Å². The van der Waals surface area contributed by atoms with Gasteiger partial charge in [0.1, 0.15) is 5.69 Å². The predicted molar refractivity (Wildman–Crippen MR) is 93.5 cm³/mol. The number of nitrogens with one attached hydrogen (secondary N) is 1. The third-order valence-corrected chi connectivity index (χ3v) is 4.26. The Kier molecular flexibility index (Phi) is 5.26. The molecule has 0 radical (unpaired) electrons. The van der Waals surface area contributed by atoms with E-state index in [0.717, 1.165) is 24.1 Å². The van der Waals surface area contributed by atoms with Crippen molar-refractivity contribution in [1.29, 1.82) is 0 Å². The van der Waals surface area contributed by atoms with Crippen LogP contribution in [0.15, 0.2) is 42.6 Å². The number of carboxylic acids is 1. The van der Waals surface area contributed by atoms with Gasteiger partial charge in [-0.05, 0) is 29.7 Å². The Bertz CT molecular complexity index is 833. The van der Waals surface area contributed by atoms with E-state index in [-0.39, 0.29) is 17.2 Å². The van der Waals surface area contributed by atoms with Gasteiger partial charge < -0.3 is 15.3 Å². The van der Waals surface area contributed by atoms with Gasteiger partial charge in [-0.3, -0.25) is 14.6 Å². The summed E-state index contributed by atoms with van der Waals surface area (Å²) in [6.45, 7) is 1.72. The van der Waals surface area contributed by atoms with Gasteiger partial charge in [-0.15, -0.1) is 0 Å². The largest absolute Gasteiger partial charge is 0.478 e. The predicted octanol–water partition coefficient (Wildman–Crippen LogP) is 1.83. The Balaban J connectivity index is 1.56. The average Bonchev–Trinajstić information content (AvgIpc) is 3.05. The number of carboxylic acid groups (broad SMARTS) is 1. The molecule has 1 aliphatic heterocycles. The van der Waals surface area contributed by atoms with Crippen molar-refractivity contribution >= 4 is 17.8 Å². The molecule has 0 unspecified atom stereocenters. The SMILES string of the molecule is O=C(O)c1ccnc(C(=O)NCc2ccc(CN3CCCC3=O)cc2)c1. The first-order valence-corrected chi connectivity index (χ1v) is 8.36. The molecule has 1 saturated heterocycles. The summed E-state index contributed by atoms with van der Waals surface area (Å²) in [6, 6.07) is 10.3. The number of likely N-dealkylation sites (tertiary alicyclic amines) is 1. The number of nitrogens with zero attached hydrogens (tertiary/aromatic N) is 2. The fraction of sp³-hybridized carbons (Fsp3) is 0.263. The molecule has 3 rings (SSSR count). The summed E-state index contributed by atoms with van der Waals surface area (Å²) in [5.41, 5.74) is 2.04. The highest BCUT2D eigenvalue weighted by molar-refractivity contribution is 5.95. The summed E-state index contributed by atoms with van der Waals surface area (Å²) in [6.07, 6.45) is 2.84. The van der Waals surface area contributed by atoms with Crippen LogP contribution in [0.1, 0.15) is 44.8 Å². The standard InChI is InChI=1S/C19H19N3O4/c23-17-2-1-9-22(17)12-14-5-3-13(4-6-14)11-21-18(24)16-10-15(19(25)26)7-8-20-16/h3-8,10H,1-2,9,11-12H2,(H,21,24)(H,25,26). The molecule has 2 amide bonds. The summed E-state index contributed by atoms with van der Waals surface area (Å²) >= 11 is 0. The number of hydrogen-bond donors (Lipinski definition) is 2. The third kappa shape index (κ3) is 4.24. The molecule has 2 aromatic rings. The van der Waals surface area contributed by atoms with E-state index in [0.29, 0.717) is 19.5 Å². The number of rotatable bonds is 6. The molecular formula is C19H19N3O4. The topological polar surface area (TPSA) is 99.6 Å². The van der Waals surface area contributed by atoms with E-state index in [1.165, 1.54) is 18.3 Å². The smallest absolute Gasteiger partial charge is 0.335 e. The highest BCUT2D eigenvalue weighted by Gasteiger charge is 2.19. The lowest BCUT2D eigenvalue weighted by Crippen LogP contribution is -2.24. The van der Waals surface area contributed by atoms with Crippen LogP contribution in [0, 0.1) is 0 Å². The Hall–Kier alpha value is -3.22. The minimum Gasteiger partial charge on any atom is -0.478 e. The summed E-state index contributed by atoms with van der Waals surface area (Å²) in [5.74, 6) is -1.34. The molecule has 0 spiro atoms. The second-order valence-electron chi connectivity index (χ2n) is 6.15. The molecule has 1 aromatic heterocycles. The normalized spacial score (nSPS) is 13.7. The fourth-order valence-corrected chi connectivity index (χ4v) is 2.81. The molecule has 0 bridgehead atoms. The minimum absolute atomic E-state index is 0.0194. The Labute approximate surface area is 150 Å². The number of hydrogen-bond acceptors (Lipinski definition) is 4. The lowest BCUT2D eigenvalue weighted by Gasteiger charge is -2.15. The van der Waals surface area contributed by atoms with Gasteiger partial charge in [-0.1, -0.05) is 24.3 Å². The number of aromatic carboxylic acids is 1. The molecule has 0 aliphatic carbocycles. The van der Waals surface area contributed by atoms with Crippen molar-refractivity contribution in [3.63, 3.8) is 0 Å². The summed E-state index contributed by atoms with van der Waals surface area (Å²) in [7, 11) is 0. The molecule has 1 fully saturated rings. The molecule has 1 aliphatic rings. The zero-order valence-electron chi connectivity index (χ0n) is 14.1. The van der Waals surface area contributed by atoms with Gasteiger partial charge in [-0.2, -0.15) is 0 Å². The second kappa shape index (κ2) is 7.77. The van der Waals surface area contributed by atoms with Gasteiger partial charge in [0.15, 0.2) is 0 Å². The zero-order chi connectivity index (χ0) is 18.5. The van der Waals surface area contributed by atoms with Crippen molar-refractivity contribution in [2.75, 3.05) is 6.54 Å². The average molecular weight is 353 g/mol. The van der Waals surface area contributed by atoms with Crippen LogP contribution in [-0.4, -0.2) is 39.3 Å². The summed E-state index contributed by atoms with van der Waals surface area (Å²) in [5, 5.41) is 11.7. The molecular weight excluding hydrogens is 334 g/mol. The Morgan fingerprint density at radius 2 is 1.88 bits per heavy atom. The molecule has 2 N–H and O–H groups in total. The first-order valence-electron chi connectivity index (χ1n) is 8.36. The number of benzene rings is 1.